The van der Waals surface area contributed by atoms with E-state index in [1.54, 1.807) is 23.1 Å². The molecule has 0 radical (unpaired) electrons. The Morgan fingerprint density at radius 2 is 1.83 bits per heavy atom. The fourth-order valence-electron chi connectivity index (χ4n) is 4.02. The highest BCUT2D eigenvalue weighted by molar-refractivity contribution is 6.33. The van der Waals surface area contributed by atoms with E-state index >= 15 is 0 Å². The van der Waals surface area contributed by atoms with Crippen LogP contribution in [0.5, 0.6) is 5.75 Å². The van der Waals surface area contributed by atoms with Crippen molar-refractivity contribution in [2.75, 3.05) is 43.0 Å². The SMILES string of the molecule is CC[C@@H](C)c1ccc(OCC(=O)Nc2ccc(N3CCN(C(=O)c4ccco4)CC3)c(Cl)c2)cc1. The molecule has 7 nitrogen and oxygen atoms in total. The zero-order valence-corrected chi connectivity index (χ0v) is 20.8. The molecule has 2 aromatic carbocycles. The van der Waals surface area contributed by atoms with Crippen molar-refractivity contribution in [2.45, 2.75) is 26.2 Å². The lowest BCUT2D eigenvalue weighted by Crippen LogP contribution is -2.48. The Bertz CT molecular complexity index is 1140. The molecular formula is C27H30ClN3O4. The van der Waals surface area contributed by atoms with Crippen LogP contribution in [0.1, 0.15) is 42.3 Å². The van der Waals surface area contributed by atoms with E-state index in [0.717, 1.165) is 12.1 Å². The zero-order valence-electron chi connectivity index (χ0n) is 20.0. The minimum absolute atomic E-state index is 0.0896. The summed E-state index contributed by atoms with van der Waals surface area (Å²) in [6.45, 7) is 6.71. The van der Waals surface area contributed by atoms with Crippen molar-refractivity contribution in [2.24, 2.45) is 0 Å². The van der Waals surface area contributed by atoms with Crippen LogP contribution in [0.4, 0.5) is 11.4 Å². The van der Waals surface area contributed by atoms with Gasteiger partial charge in [-0.05, 0) is 60.4 Å². The van der Waals surface area contributed by atoms with E-state index in [-0.39, 0.29) is 18.4 Å². The lowest BCUT2D eigenvalue weighted by molar-refractivity contribution is -0.118. The van der Waals surface area contributed by atoms with Crippen LogP contribution in [0.25, 0.3) is 0 Å². The van der Waals surface area contributed by atoms with E-state index in [4.69, 9.17) is 20.8 Å². The van der Waals surface area contributed by atoms with Gasteiger partial charge in [0, 0.05) is 31.9 Å². The Labute approximate surface area is 210 Å². The van der Waals surface area contributed by atoms with Crippen LogP contribution in [0.15, 0.2) is 65.3 Å². The molecule has 1 atom stereocenters. The minimum atomic E-state index is -0.259. The number of piperazine rings is 1. The number of nitrogens with one attached hydrogen (secondary N) is 1. The average Bonchev–Trinajstić information content (AvgIpc) is 3.42. The van der Waals surface area contributed by atoms with E-state index < -0.39 is 0 Å². The van der Waals surface area contributed by atoms with Crippen molar-refractivity contribution >= 4 is 34.8 Å². The van der Waals surface area contributed by atoms with Gasteiger partial charge in [0.1, 0.15) is 5.75 Å². The van der Waals surface area contributed by atoms with E-state index in [0.29, 0.717) is 54.3 Å². The molecule has 2 amide bonds. The molecule has 184 valence electrons. The van der Waals surface area contributed by atoms with Crippen LogP contribution in [-0.4, -0.2) is 49.5 Å². The summed E-state index contributed by atoms with van der Waals surface area (Å²) in [5, 5.41) is 3.37. The van der Waals surface area contributed by atoms with E-state index in [9.17, 15) is 9.59 Å². The summed E-state index contributed by atoms with van der Waals surface area (Å²) in [6, 6.07) is 16.7. The van der Waals surface area contributed by atoms with E-state index in [1.807, 2.05) is 36.4 Å². The number of hydrogen-bond donors (Lipinski definition) is 1. The zero-order chi connectivity index (χ0) is 24.8. The number of amides is 2. The number of hydrogen-bond acceptors (Lipinski definition) is 5. The molecule has 1 saturated heterocycles. The highest BCUT2D eigenvalue weighted by Crippen LogP contribution is 2.30. The summed E-state index contributed by atoms with van der Waals surface area (Å²) < 4.78 is 10.8. The van der Waals surface area contributed by atoms with Crippen molar-refractivity contribution in [1.29, 1.82) is 0 Å². The van der Waals surface area contributed by atoms with Gasteiger partial charge in [0.05, 0.1) is 17.0 Å². The highest BCUT2D eigenvalue weighted by Gasteiger charge is 2.24. The molecule has 2 heterocycles. The third-order valence-electron chi connectivity index (χ3n) is 6.30. The maximum atomic E-state index is 12.5. The van der Waals surface area contributed by atoms with Gasteiger partial charge in [0.25, 0.3) is 11.8 Å². The first-order valence-corrected chi connectivity index (χ1v) is 12.2. The van der Waals surface area contributed by atoms with Gasteiger partial charge in [-0.15, -0.1) is 0 Å². The molecular weight excluding hydrogens is 466 g/mol. The number of halogens is 1. The molecule has 0 saturated carbocycles. The van der Waals surface area contributed by atoms with Crippen LogP contribution < -0.4 is 15.0 Å². The molecule has 8 heteroatoms. The summed E-state index contributed by atoms with van der Waals surface area (Å²) in [5.41, 5.74) is 2.73. The van der Waals surface area contributed by atoms with Gasteiger partial charge in [0.2, 0.25) is 0 Å². The summed E-state index contributed by atoms with van der Waals surface area (Å²) in [4.78, 5) is 28.7. The van der Waals surface area contributed by atoms with Crippen LogP contribution >= 0.6 is 11.6 Å². The number of benzene rings is 2. The predicted molar refractivity (Wildman–Crippen MR) is 138 cm³/mol. The topological polar surface area (TPSA) is 75.0 Å². The van der Waals surface area contributed by atoms with E-state index in [2.05, 4.69) is 24.1 Å². The quantitative estimate of drug-likeness (QED) is 0.451. The number of nitrogens with zero attached hydrogens (tertiary/aromatic N) is 2. The van der Waals surface area contributed by atoms with Crippen LogP contribution in [-0.2, 0) is 4.79 Å². The second kappa shape index (κ2) is 11.3. The molecule has 1 aliphatic rings. The molecule has 0 bridgehead atoms. The van der Waals surface area contributed by atoms with Gasteiger partial charge in [-0.2, -0.15) is 0 Å². The highest BCUT2D eigenvalue weighted by atomic mass is 35.5. The Morgan fingerprint density at radius 1 is 1.09 bits per heavy atom. The molecule has 1 aromatic heterocycles. The Balaban J connectivity index is 1.27. The maximum Gasteiger partial charge on any atom is 0.289 e. The van der Waals surface area contributed by atoms with Gasteiger partial charge in [-0.25, -0.2) is 0 Å². The maximum absolute atomic E-state index is 12.5. The Hall–Kier alpha value is -3.45. The molecule has 35 heavy (non-hydrogen) atoms. The molecule has 1 N–H and O–H groups in total. The molecule has 0 spiro atoms. The summed E-state index contributed by atoms with van der Waals surface area (Å²) in [7, 11) is 0. The lowest BCUT2D eigenvalue weighted by Gasteiger charge is -2.36. The van der Waals surface area contributed by atoms with Crippen molar-refractivity contribution in [3.05, 3.63) is 77.2 Å². The number of furan rings is 1. The molecule has 1 aliphatic heterocycles. The molecule has 3 aromatic rings. The minimum Gasteiger partial charge on any atom is -0.484 e. The fourth-order valence-corrected chi connectivity index (χ4v) is 4.32. The van der Waals surface area contributed by atoms with Gasteiger partial charge in [0.15, 0.2) is 12.4 Å². The normalized spacial score (nSPS) is 14.5. The second-order valence-corrected chi connectivity index (χ2v) is 9.05. The van der Waals surface area contributed by atoms with Crippen molar-refractivity contribution in [1.82, 2.24) is 4.90 Å². The van der Waals surface area contributed by atoms with Crippen LogP contribution in [0, 0.1) is 0 Å². The number of rotatable bonds is 8. The van der Waals surface area contributed by atoms with Gasteiger partial charge in [-0.3, -0.25) is 9.59 Å². The monoisotopic (exact) mass is 495 g/mol. The molecule has 0 unspecified atom stereocenters. The largest absolute Gasteiger partial charge is 0.484 e. The lowest BCUT2D eigenvalue weighted by atomic mass is 9.99. The summed E-state index contributed by atoms with van der Waals surface area (Å²) >= 11 is 6.53. The number of carbonyl (C=O) groups is 2. The standard InChI is InChI=1S/C27H30ClN3O4/c1-3-19(2)20-6-9-22(10-7-20)35-18-26(32)29-21-8-11-24(23(28)17-21)30-12-14-31(15-13-30)27(33)25-5-4-16-34-25/h4-11,16-17,19H,3,12-15,18H2,1-2H3,(H,29,32)/t19-/m1/s1. The summed E-state index contributed by atoms with van der Waals surface area (Å²) in [6.07, 6.45) is 2.58. The first kappa shape index (κ1) is 24.7. The van der Waals surface area contributed by atoms with Crippen molar-refractivity contribution in [3.8, 4) is 5.75 Å². The second-order valence-electron chi connectivity index (χ2n) is 8.64. The van der Waals surface area contributed by atoms with Crippen molar-refractivity contribution < 1.29 is 18.7 Å². The van der Waals surface area contributed by atoms with Crippen molar-refractivity contribution in [3.63, 3.8) is 0 Å². The van der Waals surface area contributed by atoms with E-state index in [1.165, 1.54) is 11.8 Å². The Morgan fingerprint density at radius 3 is 2.46 bits per heavy atom. The van der Waals surface area contributed by atoms with Gasteiger partial charge in [-0.1, -0.05) is 37.6 Å². The molecule has 4 rings (SSSR count). The molecule has 0 aliphatic carbocycles. The third-order valence-corrected chi connectivity index (χ3v) is 6.61. The first-order chi connectivity index (χ1) is 16.9. The Kier molecular flexibility index (Phi) is 7.98. The predicted octanol–water partition coefficient (Wildman–Crippen LogP) is 5.43. The first-order valence-electron chi connectivity index (χ1n) is 11.8. The number of carbonyl (C=O) groups excluding carboxylic acids is 2. The van der Waals surface area contributed by atoms with Crippen LogP contribution in [0.2, 0.25) is 5.02 Å². The number of ether oxygens (including phenoxy) is 1. The van der Waals surface area contributed by atoms with Gasteiger partial charge >= 0.3 is 0 Å². The third kappa shape index (κ3) is 6.17. The summed E-state index contributed by atoms with van der Waals surface area (Å²) in [5.74, 6) is 1.14. The number of anilines is 2. The smallest absolute Gasteiger partial charge is 0.289 e. The molecule has 1 fully saturated rings. The van der Waals surface area contributed by atoms with Gasteiger partial charge < -0.3 is 24.3 Å². The van der Waals surface area contributed by atoms with Crippen LogP contribution in [0.3, 0.4) is 0 Å². The fraction of sp³-hybridized carbons (Fsp3) is 0.333. The average molecular weight is 496 g/mol.